The Hall–Kier alpha value is -0.880. The van der Waals surface area contributed by atoms with Crippen LogP contribution in [0.5, 0.6) is 0 Å². The molecule has 110 valence electrons. The van der Waals surface area contributed by atoms with Crippen molar-refractivity contribution in [2.45, 2.75) is 49.0 Å². The second-order valence-corrected chi connectivity index (χ2v) is 7.21. The molecule has 0 amide bonds. The van der Waals surface area contributed by atoms with Crippen molar-refractivity contribution < 1.29 is 5.11 Å². The third-order valence-electron chi connectivity index (χ3n) is 4.54. The molecule has 3 rings (SSSR count). The molecule has 0 spiro atoms. The Morgan fingerprint density at radius 1 is 1.25 bits per heavy atom. The third kappa shape index (κ3) is 3.06. The van der Waals surface area contributed by atoms with E-state index < -0.39 is 0 Å². The molecule has 2 aliphatic rings. The van der Waals surface area contributed by atoms with E-state index in [2.05, 4.69) is 44.5 Å². The third-order valence-corrected chi connectivity index (χ3v) is 6.41. The van der Waals surface area contributed by atoms with Gasteiger partial charge in [-0.1, -0.05) is 17.4 Å². The number of rotatable bonds is 7. The summed E-state index contributed by atoms with van der Waals surface area (Å²) in [5.41, 5.74) is 0. The van der Waals surface area contributed by atoms with Gasteiger partial charge in [-0.05, 0) is 43.9 Å². The normalized spacial score (nSPS) is 32.5. The lowest BCUT2D eigenvalue weighted by Crippen LogP contribution is -2.29. The van der Waals surface area contributed by atoms with E-state index in [4.69, 9.17) is 0 Å². The van der Waals surface area contributed by atoms with Gasteiger partial charge >= 0.3 is 0 Å². The molecule has 2 fully saturated rings. The molecule has 2 bridgehead atoms. The predicted molar refractivity (Wildman–Crippen MR) is 79.3 cm³/mol. The number of aryl methyl sites for hydroxylation is 1. The van der Waals surface area contributed by atoms with Crippen LogP contribution in [0.15, 0.2) is 12.2 Å². The van der Waals surface area contributed by atoms with Crippen LogP contribution < -0.4 is 0 Å². The van der Waals surface area contributed by atoms with E-state index in [1.807, 2.05) is 0 Å². The lowest BCUT2D eigenvalue weighted by Gasteiger charge is -2.27. The van der Waals surface area contributed by atoms with Crippen molar-refractivity contribution in [2.24, 2.45) is 11.8 Å². The van der Waals surface area contributed by atoms with Crippen LogP contribution in [0, 0.1) is 11.8 Å². The summed E-state index contributed by atoms with van der Waals surface area (Å²) in [5, 5.41) is 25.0. The number of nitrogens with zero attached hydrogens (tertiary/aromatic N) is 3. The van der Waals surface area contributed by atoms with Crippen molar-refractivity contribution >= 4 is 11.8 Å². The number of nitrogens with one attached hydrogen (secondary N) is 1. The summed E-state index contributed by atoms with van der Waals surface area (Å²) in [7, 11) is 0. The van der Waals surface area contributed by atoms with Gasteiger partial charge in [0.05, 0.1) is 0 Å². The topological polar surface area (TPSA) is 74.7 Å². The molecule has 5 nitrogen and oxygen atoms in total. The first-order valence-corrected chi connectivity index (χ1v) is 8.46. The number of tetrazole rings is 1. The Balaban J connectivity index is 1.37. The molecular weight excluding hydrogens is 272 g/mol. The van der Waals surface area contributed by atoms with E-state index >= 15 is 0 Å². The number of unbranched alkanes of at least 4 members (excludes halogenated alkanes) is 1. The van der Waals surface area contributed by atoms with Crippen molar-refractivity contribution in [2.75, 3.05) is 6.61 Å². The highest BCUT2D eigenvalue weighted by Crippen LogP contribution is 2.53. The smallest absolute Gasteiger partial charge is 0.174 e. The molecule has 0 unspecified atom stereocenters. The number of fused-ring (bicyclic) bond motifs is 2. The van der Waals surface area contributed by atoms with Crippen LogP contribution in [0.3, 0.4) is 0 Å². The van der Waals surface area contributed by atoms with Gasteiger partial charge in [-0.3, -0.25) is 0 Å². The first-order chi connectivity index (χ1) is 9.88. The molecule has 0 aromatic carbocycles. The Kier molecular flexibility index (Phi) is 4.73. The summed E-state index contributed by atoms with van der Waals surface area (Å²) in [6, 6.07) is 0. The van der Waals surface area contributed by atoms with Crippen LogP contribution in [0.4, 0.5) is 0 Å². The molecule has 6 heteroatoms. The Morgan fingerprint density at radius 2 is 2.10 bits per heavy atom. The number of H-pyrrole nitrogens is 1. The van der Waals surface area contributed by atoms with Crippen molar-refractivity contribution in [1.82, 2.24) is 20.6 Å². The standard InChI is InChI=1S/C14H22N4OS/c19-9-11-10(12-7-8-13(11)20-12)5-3-1-2-4-6-14-15-17-18-16-14/h1,3,10-13,19H,2,4-9H2,(H,15,16,17,18)/t10-,11+,12-,13+/m0/s1. The Bertz CT molecular complexity index is 436. The fraction of sp³-hybridized carbons (Fsp3) is 0.786. The average Bonchev–Trinajstić information content (AvgIpc) is 3.18. The lowest BCUT2D eigenvalue weighted by atomic mass is 9.78. The SMILES string of the molecule is OC[C@@H]1[C@H](CC=CCCCc2nn[nH]n2)[C@@H]2CC[C@H]1S2. The minimum Gasteiger partial charge on any atom is -0.396 e. The van der Waals surface area contributed by atoms with Crippen LogP contribution in [-0.2, 0) is 6.42 Å². The maximum Gasteiger partial charge on any atom is 0.174 e. The van der Waals surface area contributed by atoms with Crippen molar-refractivity contribution in [1.29, 1.82) is 0 Å². The fourth-order valence-corrected chi connectivity index (χ4v) is 5.49. The minimum atomic E-state index is 0.366. The molecule has 0 aliphatic carbocycles. The number of thioether (sulfide) groups is 1. The van der Waals surface area contributed by atoms with Gasteiger partial charge in [-0.15, -0.1) is 10.2 Å². The maximum atomic E-state index is 9.54. The van der Waals surface area contributed by atoms with Crippen LogP contribution in [0.25, 0.3) is 0 Å². The van der Waals surface area contributed by atoms with E-state index in [1.165, 1.54) is 12.8 Å². The molecule has 0 saturated carbocycles. The molecule has 1 aromatic rings. The summed E-state index contributed by atoms with van der Waals surface area (Å²) >= 11 is 2.12. The molecule has 2 N–H and O–H groups in total. The molecule has 3 heterocycles. The summed E-state index contributed by atoms with van der Waals surface area (Å²) in [6.07, 6.45) is 11.4. The zero-order valence-electron chi connectivity index (χ0n) is 11.6. The molecular formula is C14H22N4OS. The molecule has 0 radical (unpaired) electrons. The average molecular weight is 294 g/mol. The minimum absolute atomic E-state index is 0.366. The van der Waals surface area contributed by atoms with Crippen LogP contribution in [-0.4, -0.2) is 42.8 Å². The zero-order valence-corrected chi connectivity index (χ0v) is 12.4. The van der Waals surface area contributed by atoms with Gasteiger partial charge in [0.25, 0.3) is 0 Å². The van der Waals surface area contributed by atoms with Crippen molar-refractivity contribution in [3.8, 4) is 0 Å². The van der Waals surface area contributed by atoms with Gasteiger partial charge in [0, 0.05) is 23.5 Å². The number of aromatic nitrogens is 4. The number of aromatic amines is 1. The number of allylic oxidation sites excluding steroid dienone is 2. The number of aliphatic hydroxyl groups is 1. The van der Waals surface area contributed by atoms with Crippen LogP contribution in [0.1, 0.15) is 37.9 Å². The van der Waals surface area contributed by atoms with E-state index in [1.54, 1.807) is 0 Å². The van der Waals surface area contributed by atoms with Gasteiger partial charge in [-0.25, -0.2) is 0 Å². The van der Waals surface area contributed by atoms with Gasteiger partial charge in [0.15, 0.2) is 5.82 Å². The zero-order chi connectivity index (χ0) is 13.8. The predicted octanol–water partition coefficient (Wildman–Crippen LogP) is 1.97. The number of hydrogen-bond acceptors (Lipinski definition) is 5. The maximum absolute atomic E-state index is 9.54. The van der Waals surface area contributed by atoms with Gasteiger partial charge in [0.2, 0.25) is 0 Å². The Morgan fingerprint density at radius 3 is 2.85 bits per heavy atom. The quantitative estimate of drug-likeness (QED) is 0.594. The highest BCUT2D eigenvalue weighted by Gasteiger charge is 2.46. The summed E-state index contributed by atoms with van der Waals surface area (Å²) in [5.74, 6) is 2.02. The number of hydrogen-bond donors (Lipinski definition) is 2. The van der Waals surface area contributed by atoms with Crippen molar-refractivity contribution in [3.63, 3.8) is 0 Å². The van der Waals surface area contributed by atoms with Crippen LogP contribution >= 0.6 is 11.8 Å². The van der Waals surface area contributed by atoms with Gasteiger partial charge in [0.1, 0.15) is 0 Å². The van der Waals surface area contributed by atoms with E-state index in [0.717, 1.165) is 42.0 Å². The summed E-state index contributed by atoms with van der Waals surface area (Å²) in [6.45, 7) is 0.366. The summed E-state index contributed by atoms with van der Waals surface area (Å²) in [4.78, 5) is 0. The highest BCUT2D eigenvalue weighted by atomic mass is 32.2. The monoisotopic (exact) mass is 294 g/mol. The number of aliphatic hydroxyl groups excluding tert-OH is 1. The van der Waals surface area contributed by atoms with Crippen LogP contribution in [0.2, 0.25) is 0 Å². The molecule has 2 saturated heterocycles. The Labute approximate surface area is 123 Å². The molecule has 4 atom stereocenters. The lowest BCUT2D eigenvalue weighted by molar-refractivity contribution is 0.160. The fourth-order valence-electron chi connectivity index (χ4n) is 3.49. The second kappa shape index (κ2) is 6.72. The van der Waals surface area contributed by atoms with E-state index in [9.17, 15) is 5.11 Å². The first kappa shape index (κ1) is 14.1. The summed E-state index contributed by atoms with van der Waals surface area (Å²) < 4.78 is 0. The van der Waals surface area contributed by atoms with Crippen molar-refractivity contribution in [3.05, 3.63) is 18.0 Å². The van der Waals surface area contributed by atoms with Gasteiger partial charge in [-0.2, -0.15) is 17.0 Å². The largest absolute Gasteiger partial charge is 0.396 e. The van der Waals surface area contributed by atoms with E-state index in [-0.39, 0.29) is 0 Å². The first-order valence-electron chi connectivity index (χ1n) is 7.52. The van der Waals surface area contributed by atoms with Gasteiger partial charge < -0.3 is 5.11 Å². The molecule has 20 heavy (non-hydrogen) atoms. The highest BCUT2D eigenvalue weighted by molar-refractivity contribution is 8.01. The van der Waals surface area contributed by atoms with E-state index in [0.29, 0.717) is 18.4 Å². The second-order valence-electron chi connectivity index (χ2n) is 5.73. The molecule has 2 aliphatic heterocycles. The molecule has 1 aromatic heterocycles.